The lowest BCUT2D eigenvalue weighted by Crippen LogP contribution is -2.18. The second-order valence-electron chi connectivity index (χ2n) is 4.09. The van der Waals surface area contributed by atoms with Crippen LogP contribution < -0.4 is 16.4 Å². The Morgan fingerprint density at radius 2 is 1.89 bits per heavy atom. The standard InChI is InChI=1S/C13H15BrN4/c1-18(8-9-4-2-3-5-10(9)14)12-7-6-11(15)13(16)17-12/h2-7H,8,15H2,1H3,(H2,16,17). The molecule has 94 valence electrons. The van der Waals surface area contributed by atoms with Gasteiger partial charge in [-0.15, -0.1) is 0 Å². The van der Waals surface area contributed by atoms with Crippen molar-refractivity contribution in [2.45, 2.75) is 6.54 Å². The summed E-state index contributed by atoms with van der Waals surface area (Å²) in [6.07, 6.45) is 0. The molecular weight excluding hydrogens is 292 g/mol. The molecule has 0 aliphatic rings. The van der Waals surface area contributed by atoms with E-state index in [0.29, 0.717) is 11.5 Å². The quantitative estimate of drug-likeness (QED) is 0.915. The average molecular weight is 307 g/mol. The van der Waals surface area contributed by atoms with Crippen molar-refractivity contribution in [1.82, 2.24) is 4.98 Å². The Morgan fingerprint density at radius 1 is 1.17 bits per heavy atom. The third-order valence-corrected chi connectivity index (χ3v) is 3.47. The van der Waals surface area contributed by atoms with Crippen LogP contribution in [0.2, 0.25) is 0 Å². The molecule has 2 aromatic rings. The Balaban J connectivity index is 2.19. The number of aromatic nitrogens is 1. The van der Waals surface area contributed by atoms with Gasteiger partial charge in [-0.05, 0) is 23.8 Å². The largest absolute Gasteiger partial charge is 0.396 e. The molecule has 0 spiro atoms. The second-order valence-corrected chi connectivity index (χ2v) is 4.95. The molecule has 0 unspecified atom stereocenters. The van der Waals surface area contributed by atoms with Crippen LogP contribution in [0, 0.1) is 0 Å². The van der Waals surface area contributed by atoms with Gasteiger partial charge in [0.2, 0.25) is 0 Å². The molecule has 0 aliphatic heterocycles. The van der Waals surface area contributed by atoms with Gasteiger partial charge in [-0.2, -0.15) is 0 Å². The monoisotopic (exact) mass is 306 g/mol. The number of hydrogen-bond acceptors (Lipinski definition) is 4. The van der Waals surface area contributed by atoms with Gasteiger partial charge in [-0.1, -0.05) is 34.1 Å². The number of anilines is 3. The number of nitrogen functional groups attached to an aromatic ring is 2. The van der Waals surface area contributed by atoms with Gasteiger partial charge in [0, 0.05) is 18.1 Å². The van der Waals surface area contributed by atoms with Crippen molar-refractivity contribution in [3.05, 3.63) is 46.4 Å². The molecule has 0 aliphatic carbocycles. The molecule has 0 radical (unpaired) electrons. The Hall–Kier alpha value is -1.75. The predicted octanol–water partition coefficient (Wildman–Crippen LogP) is 2.64. The highest BCUT2D eigenvalue weighted by molar-refractivity contribution is 9.10. The normalized spacial score (nSPS) is 10.3. The highest BCUT2D eigenvalue weighted by atomic mass is 79.9. The fourth-order valence-corrected chi connectivity index (χ4v) is 2.06. The molecule has 0 saturated heterocycles. The number of nitrogens with zero attached hydrogens (tertiary/aromatic N) is 2. The van der Waals surface area contributed by atoms with Crippen LogP contribution in [0.15, 0.2) is 40.9 Å². The molecule has 0 bridgehead atoms. The van der Waals surface area contributed by atoms with Gasteiger partial charge in [0.1, 0.15) is 11.6 Å². The summed E-state index contributed by atoms with van der Waals surface area (Å²) in [5, 5.41) is 0. The zero-order valence-electron chi connectivity index (χ0n) is 10.1. The summed E-state index contributed by atoms with van der Waals surface area (Å²) < 4.78 is 1.08. The number of benzene rings is 1. The van der Waals surface area contributed by atoms with Crippen LogP contribution in [-0.4, -0.2) is 12.0 Å². The molecule has 18 heavy (non-hydrogen) atoms. The average Bonchev–Trinajstić information content (AvgIpc) is 2.35. The van der Waals surface area contributed by atoms with Gasteiger partial charge in [0.25, 0.3) is 0 Å². The summed E-state index contributed by atoms with van der Waals surface area (Å²) >= 11 is 3.53. The summed E-state index contributed by atoms with van der Waals surface area (Å²) in [5.41, 5.74) is 13.1. The Morgan fingerprint density at radius 3 is 2.56 bits per heavy atom. The first kappa shape index (κ1) is 12.7. The molecule has 0 fully saturated rings. The number of pyridine rings is 1. The van der Waals surface area contributed by atoms with Gasteiger partial charge in [0.05, 0.1) is 5.69 Å². The van der Waals surface area contributed by atoms with Crippen LogP contribution in [0.3, 0.4) is 0 Å². The van der Waals surface area contributed by atoms with Crippen LogP contribution in [-0.2, 0) is 6.54 Å². The maximum absolute atomic E-state index is 5.71. The number of nitrogens with two attached hydrogens (primary N) is 2. The molecule has 0 saturated carbocycles. The second kappa shape index (κ2) is 5.27. The van der Waals surface area contributed by atoms with Crippen LogP contribution in [0.25, 0.3) is 0 Å². The van der Waals surface area contributed by atoms with Crippen molar-refractivity contribution in [3.63, 3.8) is 0 Å². The molecule has 5 heteroatoms. The van der Waals surface area contributed by atoms with Gasteiger partial charge < -0.3 is 16.4 Å². The molecule has 1 aromatic heterocycles. The van der Waals surface area contributed by atoms with E-state index in [-0.39, 0.29) is 0 Å². The van der Waals surface area contributed by atoms with Gasteiger partial charge in [-0.25, -0.2) is 4.98 Å². The van der Waals surface area contributed by atoms with E-state index in [4.69, 9.17) is 11.5 Å². The molecule has 0 amide bonds. The summed E-state index contributed by atoms with van der Waals surface area (Å²) in [6.45, 7) is 0.748. The predicted molar refractivity (Wildman–Crippen MR) is 79.3 cm³/mol. The minimum atomic E-state index is 0.367. The lowest BCUT2D eigenvalue weighted by Gasteiger charge is -2.19. The van der Waals surface area contributed by atoms with Crippen LogP contribution >= 0.6 is 15.9 Å². The van der Waals surface area contributed by atoms with Gasteiger partial charge in [0.15, 0.2) is 0 Å². The van der Waals surface area contributed by atoms with E-state index in [0.717, 1.165) is 16.8 Å². The lowest BCUT2D eigenvalue weighted by atomic mass is 10.2. The Bertz CT molecular complexity index is 556. The first-order chi connectivity index (χ1) is 8.58. The van der Waals surface area contributed by atoms with E-state index in [9.17, 15) is 0 Å². The van der Waals surface area contributed by atoms with Crippen molar-refractivity contribution in [1.29, 1.82) is 0 Å². The smallest absolute Gasteiger partial charge is 0.149 e. The van der Waals surface area contributed by atoms with Gasteiger partial charge >= 0.3 is 0 Å². The van der Waals surface area contributed by atoms with Crippen molar-refractivity contribution in [2.75, 3.05) is 23.4 Å². The number of rotatable bonds is 3. The number of halogens is 1. The molecule has 4 N–H and O–H groups in total. The molecule has 4 nitrogen and oxygen atoms in total. The van der Waals surface area contributed by atoms with E-state index in [1.54, 1.807) is 6.07 Å². The van der Waals surface area contributed by atoms with E-state index < -0.39 is 0 Å². The molecule has 2 rings (SSSR count). The minimum absolute atomic E-state index is 0.367. The first-order valence-electron chi connectivity index (χ1n) is 5.54. The van der Waals surface area contributed by atoms with Crippen molar-refractivity contribution in [2.24, 2.45) is 0 Å². The molecule has 1 heterocycles. The van der Waals surface area contributed by atoms with Crippen LogP contribution in [0.4, 0.5) is 17.3 Å². The van der Waals surface area contributed by atoms with E-state index in [1.165, 1.54) is 5.56 Å². The third kappa shape index (κ3) is 2.73. The minimum Gasteiger partial charge on any atom is -0.396 e. The molecule has 0 atom stereocenters. The summed E-state index contributed by atoms with van der Waals surface area (Å²) in [5.74, 6) is 1.17. The van der Waals surface area contributed by atoms with E-state index >= 15 is 0 Å². The van der Waals surface area contributed by atoms with Crippen LogP contribution in [0.5, 0.6) is 0 Å². The van der Waals surface area contributed by atoms with Crippen molar-refractivity contribution < 1.29 is 0 Å². The maximum Gasteiger partial charge on any atom is 0.149 e. The Labute approximate surface area is 115 Å². The zero-order valence-corrected chi connectivity index (χ0v) is 11.7. The van der Waals surface area contributed by atoms with Gasteiger partial charge in [-0.3, -0.25) is 0 Å². The lowest BCUT2D eigenvalue weighted by molar-refractivity contribution is 0.896. The highest BCUT2D eigenvalue weighted by Crippen LogP contribution is 2.22. The SMILES string of the molecule is CN(Cc1ccccc1Br)c1ccc(N)c(N)n1. The summed E-state index contributed by atoms with van der Waals surface area (Å²) in [4.78, 5) is 6.29. The van der Waals surface area contributed by atoms with E-state index in [2.05, 4.69) is 27.0 Å². The first-order valence-corrected chi connectivity index (χ1v) is 6.34. The van der Waals surface area contributed by atoms with Crippen molar-refractivity contribution in [3.8, 4) is 0 Å². The zero-order chi connectivity index (χ0) is 13.1. The molecular formula is C13H15BrN4. The maximum atomic E-state index is 5.71. The summed E-state index contributed by atoms with van der Waals surface area (Å²) in [6, 6.07) is 11.7. The van der Waals surface area contributed by atoms with E-state index in [1.807, 2.05) is 36.2 Å². The Kier molecular flexibility index (Phi) is 3.72. The highest BCUT2D eigenvalue weighted by Gasteiger charge is 2.07. The third-order valence-electron chi connectivity index (χ3n) is 2.70. The topological polar surface area (TPSA) is 68.2 Å². The fraction of sp³-hybridized carbons (Fsp3) is 0.154. The molecule has 1 aromatic carbocycles. The number of hydrogen-bond donors (Lipinski definition) is 2. The van der Waals surface area contributed by atoms with Crippen molar-refractivity contribution >= 4 is 33.3 Å². The fourth-order valence-electron chi connectivity index (χ4n) is 1.65. The van der Waals surface area contributed by atoms with Crippen LogP contribution in [0.1, 0.15) is 5.56 Å². The summed E-state index contributed by atoms with van der Waals surface area (Å²) in [7, 11) is 1.97.